The first-order valence-corrected chi connectivity index (χ1v) is 5.27. The summed E-state index contributed by atoms with van der Waals surface area (Å²) in [5.41, 5.74) is -1.38. The minimum Gasteiger partial charge on any atom is -0.461 e. The number of ether oxygens (including phenoxy) is 1. The van der Waals surface area contributed by atoms with Crippen LogP contribution < -0.4 is 0 Å². The molecule has 0 radical (unpaired) electrons. The molecule has 0 unspecified atom stereocenters. The topological polar surface area (TPSA) is 67.9 Å². The zero-order chi connectivity index (χ0) is 14.0. The smallest absolute Gasteiger partial charge is 0.361 e. The molecule has 0 saturated heterocycles. The van der Waals surface area contributed by atoms with Gasteiger partial charge >= 0.3 is 5.97 Å². The van der Waals surface area contributed by atoms with Crippen molar-refractivity contribution in [1.82, 2.24) is 15.4 Å². The van der Waals surface area contributed by atoms with Gasteiger partial charge in [-0.25, -0.2) is 18.0 Å². The standard InChI is InChI=1S/C11H8F3N3O2/c1-2-19-11(18)10-9(15-17-16-10)8-6(13)3-5(12)4-7(8)14/h3-4H,2H2,1H3,(H,15,16,17). The van der Waals surface area contributed by atoms with E-state index >= 15 is 0 Å². The summed E-state index contributed by atoms with van der Waals surface area (Å²) in [4.78, 5) is 11.5. The number of H-pyrrole nitrogens is 1. The van der Waals surface area contributed by atoms with Crippen LogP contribution in [0.15, 0.2) is 12.1 Å². The molecular weight excluding hydrogens is 263 g/mol. The Morgan fingerprint density at radius 3 is 2.47 bits per heavy atom. The van der Waals surface area contributed by atoms with Gasteiger partial charge in [0.25, 0.3) is 0 Å². The normalized spacial score (nSPS) is 10.5. The molecule has 1 aromatic carbocycles. The van der Waals surface area contributed by atoms with E-state index in [2.05, 4.69) is 20.1 Å². The molecule has 0 saturated carbocycles. The Bertz CT molecular complexity index is 604. The highest BCUT2D eigenvalue weighted by molar-refractivity contribution is 5.94. The lowest BCUT2D eigenvalue weighted by atomic mass is 10.1. The highest BCUT2D eigenvalue weighted by Gasteiger charge is 2.24. The largest absolute Gasteiger partial charge is 0.461 e. The fourth-order valence-corrected chi connectivity index (χ4v) is 1.52. The van der Waals surface area contributed by atoms with E-state index in [1.165, 1.54) is 0 Å². The number of halogens is 3. The second-order valence-electron chi connectivity index (χ2n) is 3.49. The molecule has 1 heterocycles. The molecular formula is C11H8F3N3O2. The molecule has 0 atom stereocenters. The molecule has 2 aromatic rings. The maximum absolute atomic E-state index is 13.6. The molecule has 0 aliphatic heterocycles. The van der Waals surface area contributed by atoms with Gasteiger partial charge in [-0.1, -0.05) is 0 Å². The second kappa shape index (κ2) is 5.09. The molecule has 0 spiro atoms. The Morgan fingerprint density at radius 1 is 1.26 bits per heavy atom. The van der Waals surface area contributed by atoms with Crippen molar-refractivity contribution in [3.05, 3.63) is 35.3 Å². The molecule has 0 amide bonds. The van der Waals surface area contributed by atoms with Crippen LogP contribution in [0.25, 0.3) is 11.3 Å². The van der Waals surface area contributed by atoms with Crippen molar-refractivity contribution >= 4 is 5.97 Å². The van der Waals surface area contributed by atoms with E-state index in [4.69, 9.17) is 0 Å². The van der Waals surface area contributed by atoms with Crippen LogP contribution in [0.4, 0.5) is 13.2 Å². The molecule has 0 bridgehead atoms. The quantitative estimate of drug-likeness (QED) is 0.868. The Kier molecular flexibility index (Phi) is 3.50. The fraction of sp³-hybridized carbons (Fsp3) is 0.182. The summed E-state index contributed by atoms with van der Waals surface area (Å²) in [6.07, 6.45) is 0. The molecule has 19 heavy (non-hydrogen) atoms. The van der Waals surface area contributed by atoms with Crippen LogP contribution in [-0.2, 0) is 4.74 Å². The third-order valence-corrected chi connectivity index (χ3v) is 2.26. The number of nitrogens with zero attached hydrogens (tertiary/aromatic N) is 2. The predicted molar refractivity (Wildman–Crippen MR) is 57.6 cm³/mol. The molecule has 2 rings (SSSR count). The first-order valence-electron chi connectivity index (χ1n) is 5.27. The van der Waals surface area contributed by atoms with Crippen LogP contribution in [0.3, 0.4) is 0 Å². The minimum absolute atomic E-state index is 0.0690. The van der Waals surface area contributed by atoms with Crippen molar-refractivity contribution in [2.75, 3.05) is 6.61 Å². The van der Waals surface area contributed by atoms with Crippen LogP contribution in [0, 0.1) is 17.5 Å². The summed E-state index contributed by atoms with van der Waals surface area (Å²) in [5, 5.41) is 9.06. The van der Waals surface area contributed by atoms with E-state index < -0.39 is 29.0 Å². The van der Waals surface area contributed by atoms with Gasteiger partial charge in [-0.15, -0.1) is 5.10 Å². The average molecular weight is 271 g/mol. The van der Waals surface area contributed by atoms with Gasteiger partial charge in [-0.05, 0) is 6.92 Å². The van der Waals surface area contributed by atoms with Crippen molar-refractivity contribution in [2.24, 2.45) is 0 Å². The summed E-state index contributed by atoms with van der Waals surface area (Å²) in [6.45, 7) is 1.64. The maximum atomic E-state index is 13.6. The van der Waals surface area contributed by atoms with Crippen LogP contribution in [0.1, 0.15) is 17.4 Å². The Morgan fingerprint density at radius 2 is 1.89 bits per heavy atom. The van der Waals surface area contributed by atoms with Crippen molar-refractivity contribution in [2.45, 2.75) is 6.92 Å². The summed E-state index contributed by atoms with van der Waals surface area (Å²) in [5.74, 6) is -4.32. The molecule has 0 fully saturated rings. The highest BCUT2D eigenvalue weighted by atomic mass is 19.1. The molecule has 8 heteroatoms. The van der Waals surface area contributed by atoms with Gasteiger partial charge in [0.05, 0.1) is 12.2 Å². The lowest BCUT2D eigenvalue weighted by Crippen LogP contribution is -2.08. The van der Waals surface area contributed by atoms with Crippen LogP contribution in [-0.4, -0.2) is 28.0 Å². The molecule has 1 aromatic heterocycles. The average Bonchev–Trinajstić information content (AvgIpc) is 2.77. The Balaban J connectivity index is 2.55. The SMILES string of the molecule is CCOC(=O)c1n[nH]nc1-c1c(F)cc(F)cc1F. The van der Waals surface area contributed by atoms with E-state index in [1.807, 2.05) is 0 Å². The van der Waals surface area contributed by atoms with Crippen molar-refractivity contribution in [3.8, 4) is 11.3 Å². The number of nitrogens with one attached hydrogen (secondary N) is 1. The zero-order valence-electron chi connectivity index (χ0n) is 9.71. The van der Waals surface area contributed by atoms with Crippen LogP contribution in [0.5, 0.6) is 0 Å². The van der Waals surface area contributed by atoms with Gasteiger partial charge < -0.3 is 4.74 Å². The van der Waals surface area contributed by atoms with Crippen molar-refractivity contribution in [1.29, 1.82) is 0 Å². The van der Waals surface area contributed by atoms with Gasteiger partial charge in [0.15, 0.2) is 5.69 Å². The summed E-state index contributed by atoms with van der Waals surface area (Å²) in [6, 6.07) is 0.976. The van der Waals surface area contributed by atoms with Crippen molar-refractivity contribution in [3.63, 3.8) is 0 Å². The number of carbonyl (C=O) groups excluding carboxylic acids is 1. The van der Waals surface area contributed by atoms with E-state index in [-0.39, 0.29) is 18.0 Å². The molecule has 1 N–H and O–H groups in total. The van der Waals surface area contributed by atoms with Gasteiger partial charge in [-0.3, -0.25) is 0 Å². The number of hydrogen-bond acceptors (Lipinski definition) is 4. The lowest BCUT2D eigenvalue weighted by molar-refractivity contribution is 0.0520. The third-order valence-electron chi connectivity index (χ3n) is 2.26. The molecule has 100 valence electrons. The monoisotopic (exact) mass is 271 g/mol. The van der Waals surface area contributed by atoms with Gasteiger partial charge in [0.1, 0.15) is 23.1 Å². The second-order valence-corrected chi connectivity index (χ2v) is 3.49. The Hall–Kier alpha value is -2.38. The fourth-order valence-electron chi connectivity index (χ4n) is 1.52. The number of hydrogen-bond donors (Lipinski definition) is 1. The van der Waals surface area contributed by atoms with Gasteiger partial charge in [-0.2, -0.15) is 10.3 Å². The number of benzene rings is 1. The zero-order valence-corrected chi connectivity index (χ0v) is 9.71. The molecule has 0 aliphatic carbocycles. The minimum atomic E-state index is -1.18. The van der Waals surface area contributed by atoms with Crippen LogP contribution in [0.2, 0.25) is 0 Å². The number of aromatic nitrogens is 3. The van der Waals surface area contributed by atoms with E-state index in [0.29, 0.717) is 12.1 Å². The Labute approximate surface area is 105 Å². The highest BCUT2D eigenvalue weighted by Crippen LogP contribution is 2.27. The third kappa shape index (κ3) is 2.42. The maximum Gasteiger partial charge on any atom is 0.361 e. The number of carbonyl (C=O) groups is 1. The molecule has 5 nitrogen and oxygen atoms in total. The number of rotatable bonds is 3. The van der Waals surface area contributed by atoms with Gasteiger partial charge in [0.2, 0.25) is 0 Å². The van der Waals surface area contributed by atoms with Gasteiger partial charge in [0, 0.05) is 12.1 Å². The summed E-state index contributed by atoms with van der Waals surface area (Å²) in [7, 11) is 0. The van der Waals surface area contributed by atoms with E-state index in [9.17, 15) is 18.0 Å². The molecule has 0 aliphatic rings. The lowest BCUT2D eigenvalue weighted by Gasteiger charge is -2.04. The first kappa shape index (κ1) is 13.1. The summed E-state index contributed by atoms with van der Waals surface area (Å²) >= 11 is 0. The van der Waals surface area contributed by atoms with Crippen molar-refractivity contribution < 1.29 is 22.7 Å². The predicted octanol–water partition coefficient (Wildman–Crippen LogP) is 2.07. The summed E-state index contributed by atoms with van der Waals surface area (Å²) < 4.78 is 44.7. The number of esters is 1. The van der Waals surface area contributed by atoms with E-state index in [1.54, 1.807) is 6.92 Å². The number of aromatic amines is 1. The van der Waals surface area contributed by atoms with E-state index in [0.717, 1.165) is 0 Å². The van der Waals surface area contributed by atoms with Crippen LogP contribution >= 0.6 is 0 Å². The first-order chi connectivity index (χ1) is 9.04.